The number of carbonyl (C=O) groups is 1. The maximum Gasteiger partial charge on any atom is 0.271 e. The van der Waals surface area contributed by atoms with Gasteiger partial charge in [-0.1, -0.05) is 6.92 Å². The summed E-state index contributed by atoms with van der Waals surface area (Å²) in [5.41, 5.74) is 3.74. The van der Waals surface area contributed by atoms with Crippen molar-refractivity contribution in [1.82, 2.24) is 25.6 Å². The molecule has 1 aromatic carbocycles. The summed E-state index contributed by atoms with van der Waals surface area (Å²) in [6.07, 6.45) is 4.16. The Morgan fingerprint density at radius 3 is 2.80 bits per heavy atom. The molecule has 3 aromatic rings. The number of furan rings is 1. The molecular formula is C17H16N6O2. The quantitative estimate of drug-likeness (QED) is 0.568. The molecule has 2 aromatic heterocycles. The third kappa shape index (κ3) is 3.32. The number of rotatable bonds is 5. The second-order valence-electron chi connectivity index (χ2n) is 6.06. The van der Waals surface area contributed by atoms with E-state index in [-0.39, 0.29) is 5.91 Å². The molecule has 0 unspecified atom stereocenters. The summed E-state index contributed by atoms with van der Waals surface area (Å²) < 4.78 is 7.21. The summed E-state index contributed by atoms with van der Waals surface area (Å²) in [5, 5.41) is 14.9. The lowest BCUT2D eigenvalue weighted by atomic mass is 10.2. The second kappa shape index (κ2) is 6.31. The van der Waals surface area contributed by atoms with Crippen LogP contribution in [-0.2, 0) is 0 Å². The maximum atomic E-state index is 12.1. The Kier molecular flexibility index (Phi) is 3.85. The number of hydrogen-bond acceptors (Lipinski definition) is 6. The number of nitrogens with one attached hydrogen (secondary N) is 1. The molecule has 0 spiro atoms. The summed E-state index contributed by atoms with van der Waals surface area (Å²) in [4.78, 5) is 12.1. The Bertz CT molecular complexity index is 898. The van der Waals surface area contributed by atoms with E-state index in [4.69, 9.17) is 4.42 Å². The lowest BCUT2D eigenvalue weighted by Gasteiger charge is -2.02. The number of hydrogen-bond donors (Lipinski definition) is 1. The Labute approximate surface area is 143 Å². The average molecular weight is 336 g/mol. The Morgan fingerprint density at radius 1 is 1.32 bits per heavy atom. The van der Waals surface area contributed by atoms with Crippen molar-refractivity contribution >= 4 is 12.1 Å². The lowest BCUT2D eigenvalue weighted by Crippen LogP contribution is -2.17. The molecule has 0 saturated heterocycles. The topological polar surface area (TPSA) is 98.2 Å². The van der Waals surface area contributed by atoms with Crippen molar-refractivity contribution in [2.75, 3.05) is 0 Å². The predicted molar refractivity (Wildman–Crippen MR) is 89.4 cm³/mol. The van der Waals surface area contributed by atoms with Gasteiger partial charge in [0.15, 0.2) is 0 Å². The van der Waals surface area contributed by atoms with Crippen molar-refractivity contribution in [2.45, 2.75) is 19.3 Å². The number of hydrazone groups is 1. The van der Waals surface area contributed by atoms with Crippen LogP contribution < -0.4 is 5.43 Å². The molecule has 1 fully saturated rings. The number of tetrazole rings is 1. The normalized spacial score (nSPS) is 19.2. The monoisotopic (exact) mass is 336 g/mol. The van der Waals surface area contributed by atoms with Crippen LogP contribution in [0.1, 0.15) is 41.1 Å². The number of benzene rings is 1. The van der Waals surface area contributed by atoms with E-state index in [2.05, 4.69) is 33.0 Å². The van der Waals surface area contributed by atoms with E-state index in [9.17, 15) is 4.79 Å². The molecule has 0 radical (unpaired) electrons. The SMILES string of the molecule is C[C@H]1C[C@@H]1c1ccc(/C=N\NC(=O)c2ccc(-n3cnnn3)cc2)o1. The first kappa shape index (κ1) is 15.3. The van der Waals surface area contributed by atoms with Gasteiger partial charge >= 0.3 is 0 Å². The van der Waals surface area contributed by atoms with Crippen LogP contribution in [0.25, 0.3) is 5.69 Å². The van der Waals surface area contributed by atoms with Gasteiger partial charge in [0.25, 0.3) is 5.91 Å². The maximum absolute atomic E-state index is 12.1. The minimum absolute atomic E-state index is 0.304. The van der Waals surface area contributed by atoms with Crippen LogP contribution in [0.4, 0.5) is 0 Å². The minimum Gasteiger partial charge on any atom is -0.460 e. The zero-order valence-corrected chi connectivity index (χ0v) is 13.5. The molecule has 25 heavy (non-hydrogen) atoms. The first-order chi connectivity index (χ1) is 12.2. The molecule has 0 bridgehead atoms. The molecule has 8 heteroatoms. The summed E-state index contributed by atoms with van der Waals surface area (Å²) in [5.74, 6) is 2.52. The van der Waals surface area contributed by atoms with Crippen molar-refractivity contribution in [3.05, 3.63) is 59.8 Å². The standard InChI is InChI=1S/C17H16N6O2/c1-11-8-15(11)16-7-6-14(25-16)9-18-20-17(24)12-2-4-13(5-3-12)23-10-19-21-22-23/h2-7,9-11,15H,8H2,1H3,(H,20,24)/b18-9-/t11-,15-/m0/s1. The van der Waals surface area contributed by atoms with E-state index in [1.165, 1.54) is 23.6 Å². The summed E-state index contributed by atoms with van der Waals surface area (Å²) in [7, 11) is 0. The number of amides is 1. The summed E-state index contributed by atoms with van der Waals surface area (Å²) >= 11 is 0. The highest BCUT2D eigenvalue weighted by molar-refractivity contribution is 5.94. The fourth-order valence-corrected chi connectivity index (χ4v) is 2.62. The molecule has 0 aliphatic heterocycles. The molecule has 1 aliphatic carbocycles. The Morgan fingerprint density at radius 2 is 2.12 bits per heavy atom. The fourth-order valence-electron chi connectivity index (χ4n) is 2.62. The van der Waals surface area contributed by atoms with Gasteiger partial charge in [0, 0.05) is 11.5 Å². The van der Waals surface area contributed by atoms with Crippen molar-refractivity contribution in [2.24, 2.45) is 11.0 Å². The highest BCUT2D eigenvalue weighted by Crippen LogP contribution is 2.47. The van der Waals surface area contributed by atoms with Crippen molar-refractivity contribution < 1.29 is 9.21 Å². The summed E-state index contributed by atoms with van der Waals surface area (Å²) in [6.45, 7) is 2.20. The molecule has 1 aliphatic rings. The molecule has 1 saturated carbocycles. The second-order valence-corrected chi connectivity index (χ2v) is 6.06. The van der Waals surface area contributed by atoms with Crippen LogP contribution in [0.3, 0.4) is 0 Å². The number of carbonyl (C=O) groups excluding carboxylic acids is 1. The van der Waals surface area contributed by atoms with Crippen molar-refractivity contribution in [1.29, 1.82) is 0 Å². The molecule has 2 atom stereocenters. The van der Waals surface area contributed by atoms with Gasteiger partial charge in [0.05, 0.1) is 11.9 Å². The third-order valence-corrected chi connectivity index (χ3v) is 4.22. The minimum atomic E-state index is -0.304. The van der Waals surface area contributed by atoms with E-state index in [1.54, 1.807) is 24.3 Å². The van der Waals surface area contributed by atoms with Crippen LogP contribution in [-0.4, -0.2) is 32.3 Å². The van der Waals surface area contributed by atoms with Gasteiger partial charge < -0.3 is 4.42 Å². The van der Waals surface area contributed by atoms with E-state index in [1.807, 2.05) is 12.1 Å². The average Bonchev–Trinajstić information content (AvgIpc) is 3.06. The number of nitrogens with zero attached hydrogens (tertiary/aromatic N) is 5. The van der Waals surface area contributed by atoms with Gasteiger partial charge in [0.1, 0.15) is 17.8 Å². The van der Waals surface area contributed by atoms with Crippen LogP contribution in [0.2, 0.25) is 0 Å². The highest BCUT2D eigenvalue weighted by Gasteiger charge is 2.36. The van der Waals surface area contributed by atoms with Crippen molar-refractivity contribution in [3.63, 3.8) is 0 Å². The largest absolute Gasteiger partial charge is 0.460 e. The molecule has 8 nitrogen and oxygen atoms in total. The molecule has 1 N–H and O–H groups in total. The molecule has 2 heterocycles. The smallest absolute Gasteiger partial charge is 0.271 e. The van der Waals surface area contributed by atoms with Crippen LogP contribution in [0.15, 0.2) is 52.2 Å². The first-order valence-electron chi connectivity index (χ1n) is 7.97. The zero-order valence-electron chi connectivity index (χ0n) is 13.5. The third-order valence-electron chi connectivity index (χ3n) is 4.22. The van der Waals surface area contributed by atoms with Gasteiger partial charge in [-0.05, 0) is 59.2 Å². The van der Waals surface area contributed by atoms with Crippen LogP contribution >= 0.6 is 0 Å². The van der Waals surface area contributed by atoms with Gasteiger partial charge in [0.2, 0.25) is 0 Å². The first-order valence-corrected chi connectivity index (χ1v) is 7.97. The van der Waals surface area contributed by atoms with Gasteiger partial charge in [-0.3, -0.25) is 4.79 Å². The summed E-state index contributed by atoms with van der Waals surface area (Å²) in [6, 6.07) is 10.7. The highest BCUT2D eigenvalue weighted by atomic mass is 16.3. The van der Waals surface area contributed by atoms with Gasteiger partial charge in [-0.25, -0.2) is 10.1 Å². The van der Waals surface area contributed by atoms with Crippen LogP contribution in [0, 0.1) is 5.92 Å². The molecular weight excluding hydrogens is 320 g/mol. The fraction of sp³-hybridized carbons (Fsp3) is 0.235. The van der Waals surface area contributed by atoms with E-state index in [0.717, 1.165) is 11.4 Å². The van der Waals surface area contributed by atoms with Crippen LogP contribution in [0.5, 0.6) is 0 Å². The Hall–Kier alpha value is -3.29. The predicted octanol–water partition coefficient (Wildman–Crippen LogP) is 2.14. The molecule has 126 valence electrons. The van der Waals surface area contributed by atoms with Gasteiger partial charge in [-0.2, -0.15) is 5.10 Å². The van der Waals surface area contributed by atoms with E-state index in [0.29, 0.717) is 23.2 Å². The zero-order chi connectivity index (χ0) is 17.2. The Balaban J connectivity index is 1.36. The van der Waals surface area contributed by atoms with E-state index < -0.39 is 0 Å². The number of aromatic nitrogens is 4. The van der Waals surface area contributed by atoms with Gasteiger partial charge in [-0.15, -0.1) is 5.10 Å². The molecule has 1 amide bonds. The lowest BCUT2D eigenvalue weighted by molar-refractivity contribution is 0.0955. The van der Waals surface area contributed by atoms with Crippen molar-refractivity contribution in [3.8, 4) is 5.69 Å². The molecule has 4 rings (SSSR count). The van der Waals surface area contributed by atoms with E-state index >= 15 is 0 Å².